The molecule has 0 bridgehead atoms. The first kappa shape index (κ1) is 13.3. The van der Waals surface area contributed by atoms with E-state index in [2.05, 4.69) is 58.1 Å². The summed E-state index contributed by atoms with van der Waals surface area (Å²) in [6, 6.07) is 10.5. The zero-order chi connectivity index (χ0) is 13.8. The molecule has 19 heavy (non-hydrogen) atoms. The molecule has 0 aliphatic rings. The van der Waals surface area contributed by atoms with Gasteiger partial charge < -0.3 is 9.80 Å². The Morgan fingerprint density at radius 1 is 1.05 bits per heavy atom. The molecule has 100 valence electrons. The predicted molar refractivity (Wildman–Crippen MR) is 79.6 cm³/mol. The van der Waals surface area contributed by atoms with Crippen molar-refractivity contribution in [1.29, 1.82) is 0 Å². The maximum Gasteiger partial charge on any atom is 0.132 e. The number of benzene rings is 1. The molecule has 1 aromatic carbocycles. The number of nitrogens with zero attached hydrogens (tertiary/aromatic N) is 4. The van der Waals surface area contributed by atoms with Crippen LogP contribution in [0.1, 0.15) is 11.3 Å². The van der Waals surface area contributed by atoms with E-state index in [-0.39, 0.29) is 0 Å². The number of hydrogen-bond acceptors (Lipinski definition) is 4. The van der Waals surface area contributed by atoms with Crippen LogP contribution >= 0.6 is 0 Å². The van der Waals surface area contributed by atoms with Gasteiger partial charge in [-0.05, 0) is 24.6 Å². The van der Waals surface area contributed by atoms with Crippen LogP contribution in [0.25, 0.3) is 0 Å². The molecule has 0 amide bonds. The molecule has 2 aromatic rings. The monoisotopic (exact) mass is 256 g/mol. The normalized spacial score (nSPS) is 10.3. The van der Waals surface area contributed by atoms with Crippen molar-refractivity contribution >= 4 is 11.5 Å². The van der Waals surface area contributed by atoms with Crippen molar-refractivity contribution < 1.29 is 0 Å². The van der Waals surface area contributed by atoms with E-state index in [1.54, 1.807) is 6.33 Å². The van der Waals surface area contributed by atoms with Gasteiger partial charge in [0.25, 0.3) is 0 Å². The summed E-state index contributed by atoms with van der Waals surface area (Å²) in [5.74, 6) is 0.947. The minimum atomic E-state index is 0.831. The molecular formula is C15H20N4. The lowest BCUT2D eigenvalue weighted by Crippen LogP contribution is -2.18. The topological polar surface area (TPSA) is 32.3 Å². The molecule has 1 aromatic heterocycles. The number of hydrogen-bond donors (Lipinski definition) is 0. The number of anilines is 2. The molecule has 2 rings (SSSR count). The number of aryl methyl sites for hydroxylation is 1. The van der Waals surface area contributed by atoms with Crippen LogP contribution in [0.5, 0.6) is 0 Å². The second kappa shape index (κ2) is 5.69. The summed E-state index contributed by atoms with van der Waals surface area (Å²) in [5, 5.41) is 0. The first-order valence-corrected chi connectivity index (χ1v) is 6.32. The summed E-state index contributed by atoms with van der Waals surface area (Å²) in [4.78, 5) is 12.7. The van der Waals surface area contributed by atoms with Crippen LogP contribution in [-0.2, 0) is 6.54 Å². The first-order valence-electron chi connectivity index (χ1n) is 6.32. The molecule has 0 spiro atoms. The van der Waals surface area contributed by atoms with Crippen molar-refractivity contribution in [2.24, 2.45) is 0 Å². The molecule has 0 N–H and O–H groups in total. The van der Waals surface area contributed by atoms with Crippen LogP contribution in [-0.4, -0.2) is 31.1 Å². The van der Waals surface area contributed by atoms with Gasteiger partial charge in [0.1, 0.15) is 12.1 Å². The lowest BCUT2D eigenvalue weighted by molar-refractivity contribution is 0.885. The third-order valence-electron chi connectivity index (χ3n) is 3.03. The van der Waals surface area contributed by atoms with E-state index in [4.69, 9.17) is 0 Å². The minimum Gasteiger partial charge on any atom is -0.378 e. The molecule has 4 heteroatoms. The van der Waals surface area contributed by atoms with Gasteiger partial charge in [-0.1, -0.05) is 12.1 Å². The lowest BCUT2D eigenvalue weighted by atomic mass is 10.2. The quantitative estimate of drug-likeness (QED) is 0.841. The Labute approximate surface area is 114 Å². The molecule has 0 saturated heterocycles. The summed E-state index contributed by atoms with van der Waals surface area (Å²) in [5.41, 5.74) is 3.47. The van der Waals surface area contributed by atoms with E-state index in [9.17, 15) is 0 Å². The third-order valence-corrected chi connectivity index (χ3v) is 3.03. The Morgan fingerprint density at radius 2 is 1.84 bits per heavy atom. The van der Waals surface area contributed by atoms with Crippen molar-refractivity contribution in [3.05, 3.63) is 47.9 Å². The highest BCUT2D eigenvalue weighted by molar-refractivity contribution is 5.48. The molecule has 0 saturated carbocycles. The summed E-state index contributed by atoms with van der Waals surface area (Å²) in [6.07, 6.45) is 1.61. The smallest absolute Gasteiger partial charge is 0.132 e. The van der Waals surface area contributed by atoms with Gasteiger partial charge in [0.2, 0.25) is 0 Å². The average molecular weight is 256 g/mol. The average Bonchev–Trinajstić information content (AvgIpc) is 2.39. The predicted octanol–water partition coefficient (Wildman–Crippen LogP) is 2.49. The molecule has 0 atom stereocenters. The fourth-order valence-corrected chi connectivity index (χ4v) is 1.94. The van der Waals surface area contributed by atoms with Crippen LogP contribution in [0.15, 0.2) is 36.7 Å². The largest absolute Gasteiger partial charge is 0.378 e. The fourth-order valence-electron chi connectivity index (χ4n) is 1.94. The first-order chi connectivity index (χ1) is 9.06. The molecule has 0 radical (unpaired) electrons. The van der Waals surface area contributed by atoms with E-state index in [1.807, 2.05) is 20.0 Å². The van der Waals surface area contributed by atoms with E-state index < -0.39 is 0 Å². The summed E-state index contributed by atoms with van der Waals surface area (Å²) < 4.78 is 0. The zero-order valence-electron chi connectivity index (χ0n) is 12.0. The molecule has 0 aliphatic carbocycles. The number of rotatable bonds is 4. The highest BCUT2D eigenvalue weighted by Gasteiger charge is 2.05. The van der Waals surface area contributed by atoms with Gasteiger partial charge in [0, 0.05) is 45.1 Å². The van der Waals surface area contributed by atoms with Gasteiger partial charge in [0.15, 0.2) is 0 Å². The Kier molecular flexibility index (Phi) is 4.00. The molecule has 0 unspecified atom stereocenters. The van der Waals surface area contributed by atoms with Crippen LogP contribution in [0.3, 0.4) is 0 Å². The van der Waals surface area contributed by atoms with Crippen molar-refractivity contribution in [2.45, 2.75) is 13.5 Å². The van der Waals surface area contributed by atoms with Gasteiger partial charge in [-0.15, -0.1) is 0 Å². The van der Waals surface area contributed by atoms with Gasteiger partial charge in [-0.3, -0.25) is 0 Å². The lowest BCUT2D eigenvalue weighted by Gasteiger charge is -2.20. The molecule has 0 fully saturated rings. The van der Waals surface area contributed by atoms with E-state index in [0.717, 1.165) is 18.1 Å². The Bertz CT molecular complexity index is 551. The second-order valence-corrected chi connectivity index (χ2v) is 4.94. The molecule has 4 nitrogen and oxygen atoms in total. The van der Waals surface area contributed by atoms with Gasteiger partial charge in [-0.25, -0.2) is 9.97 Å². The standard InChI is InChI=1S/C15H20N4/c1-12-8-15(17-11-16-12)19(4)10-13-6-5-7-14(9-13)18(2)3/h5-9,11H,10H2,1-4H3. The zero-order valence-corrected chi connectivity index (χ0v) is 12.0. The van der Waals surface area contributed by atoms with Crippen LogP contribution in [0.4, 0.5) is 11.5 Å². The molecule has 0 aliphatic heterocycles. The highest BCUT2D eigenvalue weighted by atomic mass is 15.2. The summed E-state index contributed by atoms with van der Waals surface area (Å²) in [7, 11) is 6.15. The maximum atomic E-state index is 4.30. The van der Waals surface area contributed by atoms with E-state index >= 15 is 0 Å². The van der Waals surface area contributed by atoms with Crippen LogP contribution in [0.2, 0.25) is 0 Å². The molecular weight excluding hydrogens is 236 g/mol. The number of aromatic nitrogens is 2. The van der Waals surface area contributed by atoms with Crippen LogP contribution < -0.4 is 9.80 Å². The van der Waals surface area contributed by atoms with Crippen LogP contribution in [0, 0.1) is 6.92 Å². The SMILES string of the molecule is Cc1cc(N(C)Cc2cccc(N(C)C)c2)ncn1. The summed E-state index contributed by atoms with van der Waals surface area (Å²) in [6.45, 7) is 2.81. The highest BCUT2D eigenvalue weighted by Crippen LogP contribution is 2.17. The van der Waals surface area contributed by atoms with Crippen molar-refractivity contribution in [3.63, 3.8) is 0 Å². The van der Waals surface area contributed by atoms with Crippen molar-refractivity contribution in [3.8, 4) is 0 Å². The van der Waals surface area contributed by atoms with Gasteiger partial charge in [-0.2, -0.15) is 0 Å². The Hall–Kier alpha value is -2.10. The Balaban J connectivity index is 2.14. The maximum absolute atomic E-state index is 4.30. The van der Waals surface area contributed by atoms with E-state index in [1.165, 1.54) is 11.3 Å². The second-order valence-electron chi connectivity index (χ2n) is 4.94. The van der Waals surface area contributed by atoms with Gasteiger partial charge in [0.05, 0.1) is 0 Å². The molecule has 1 heterocycles. The van der Waals surface area contributed by atoms with E-state index in [0.29, 0.717) is 0 Å². The van der Waals surface area contributed by atoms with Gasteiger partial charge >= 0.3 is 0 Å². The summed E-state index contributed by atoms with van der Waals surface area (Å²) >= 11 is 0. The minimum absolute atomic E-state index is 0.831. The third kappa shape index (κ3) is 3.44. The van der Waals surface area contributed by atoms with Crippen molar-refractivity contribution in [2.75, 3.05) is 30.9 Å². The fraction of sp³-hybridized carbons (Fsp3) is 0.333. The Morgan fingerprint density at radius 3 is 2.53 bits per heavy atom. The van der Waals surface area contributed by atoms with Crippen molar-refractivity contribution in [1.82, 2.24) is 9.97 Å².